The van der Waals surface area contributed by atoms with Crippen molar-refractivity contribution in [3.05, 3.63) is 88.9 Å². The minimum atomic E-state index is 0.0509. The number of piperidine rings is 1. The van der Waals surface area contributed by atoms with Gasteiger partial charge in [0.1, 0.15) is 11.5 Å². The second-order valence-corrected chi connectivity index (χ2v) is 9.72. The first-order chi connectivity index (χ1) is 16.6. The molecule has 0 unspecified atom stereocenters. The van der Waals surface area contributed by atoms with Crippen molar-refractivity contribution in [2.45, 2.75) is 45.2 Å². The standard InChI is InChI=1S/C29H34N2O3/c1-21-26(13-17-33-21)29(32)30(2)27(19-22-6-4-3-5-7-22)24-10-14-31(15-11-24)20-23-8-9-28-25(18-23)12-16-34-28/h3-9,13,17-18,24,27H,10-12,14-16,19-20H2,1-2H3/t27-/m0/s1. The molecule has 5 nitrogen and oxygen atoms in total. The van der Waals surface area contributed by atoms with Gasteiger partial charge in [0.05, 0.1) is 18.4 Å². The van der Waals surface area contributed by atoms with Crippen LogP contribution in [-0.4, -0.2) is 48.5 Å². The van der Waals surface area contributed by atoms with Gasteiger partial charge >= 0.3 is 0 Å². The summed E-state index contributed by atoms with van der Waals surface area (Å²) in [5.74, 6) is 2.25. The molecule has 1 aromatic heterocycles. The predicted octanol–water partition coefficient (Wildman–Crippen LogP) is 5.12. The number of rotatable bonds is 7. The maximum atomic E-state index is 13.3. The van der Waals surface area contributed by atoms with Crippen molar-refractivity contribution in [2.75, 3.05) is 26.7 Å². The Kier molecular flexibility index (Phi) is 6.73. The van der Waals surface area contributed by atoms with Gasteiger partial charge in [0.2, 0.25) is 0 Å². The first-order valence-electron chi connectivity index (χ1n) is 12.4. The highest BCUT2D eigenvalue weighted by molar-refractivity contribution is 5.95. The number of benzene rings is 2. The zero-order chi connectivity index (χ0) is 23.5. The SMILES string of the molecule is Cc1occc1C(=O)N(C)[C@@H](Cc1ccccc1)C1CCN(Cc2ccc3c(c2)CCO3)CC1. The molecule has 3 heterocycles. The Morgan fingerprint density at radius 2 is 1.88 bits per heavy atom. The van der Waals surface area contributed by atoms with Crippen LogP contribution in [0.5, 0.6) is 5.75 Å². The fraction of sp³-hybridized carbons (Fsp3) is 0.414. The summed E-state index contributed by atoms with van der Waals surface area (Å²) < 4.78 is 11.1. The van der Waals surface area contributed by atoms with Crippen LogP contribution in [0.2, 0.25) is 0 Å². The van der Waals surface area contributed by atoms with Gasteiger partial charge < -0.3 is 14.1 Å². The van der Waals surface area contributed by atoms with Crippen LogP contribution in [0.25, 0.3) is 0 Å². The zero-order valence-corrected chi connectivity index (χ0v) is 20.2. The molecule has 5 heteroatoms. The largest absolute Gasteiger partial charge is 0.493 e. The lowest BCUT2D eigenvalue weighted by Crippen LogP contribution is -2.47. The maximum absolute atomic E-state index is 13.3. The van der Waals surface area contributed by atoms with Crippen LogP contribution in [0.3, 0.4) is 0 Å². The zero-order valence-electron chi connectivity index (χ0n) is 20.2. The summed E-state index contributed by atoms with van der Waals surface area (Å²) in [6, 6.07) is 19.1. The third kappa shape index (κ3) is 4.90. The number of carbonyl (C=O) groups excluding carboxylic acids is 1. The number of ether oxygens (including phenoxy) is 1. The van der Waals surface area contributed by atoms with Crippen LogP contribution >= 0.6 is 0 Å². The molecule has 1 amide bonds. The van der Waals surface area contributed by atoms with E-state index in [9.17, 15) is 4.79 Å². The van der Waals surface area contributed by atoms with Gasteiger partial charge in [-0.3, -0.25) is 9.69 Å². The first kappa shape index (κ1) is 22.7. The number of fused-ring (bicyclic) bond motifs is 1. The average Bonchev–Trinajstić information content (AvgIpc) is 3.51. The molecule has 1 atom stereocenters. The summed E-state index contributed by atoms with van der Waals surface area (Å²) in [6.45, 7) is 5.74. The number of hydrogen-bond donors (Lipinski definition) is 0. The number of hydrogen-bond acceptors (Lipinski definition) is 4. The second-order valence-electron chi connectivity index (χ2n) is 9.72. The van der Waals surface area contributed by atoms with Crippen molar-refractivity contribution in [1.82, 2.24) is 9.80 Å². The smallest absolute Gasteiger partial charge is 0.257 e. The van der Waals surface area contributed by atoms with E-state index in [4.69, 9.17) is 9.15 Å². The monoisotopic (exact) mass is 458 g/mol. The molecule has 3 aromatic rings. The average molecular weight is 459 g/mol. The van der Waals surface area contributed by atoms with Crippen LogP contribution in [0.4, 0.5) is 0 Å². The maximum Gasteiger partial charge on any atom is 0.257 e. The van der Waals surface area contributed by atoms with Crippen molar-refractivity contribution in [3.63, 3.8) is 0 Å². The summed E-state index contributed by atoms with van der Waals surface area (Å²) >= 11 is 0. The van der Waals surface area contributed by atoms with Crippen LogP contribution in [-0.2, 0) is 19.4 Å². The normalized spacial score (nSPS) is 17.2. The number of carbonyl (C=O) groups is 1. The van der Waals surface area contributed by atoms with E-state index in [0.717, 1.165) is 57.7 Å². The molecule has 1 saturated heterocycles. The molecule has 0 aliphatic carbocycles. The van der Waals surface area contributed by atoms with Crippen molar-refractivity contribution >= 4 is 5.91 Å². The van der Waals surface area contributed by atoms with E-state index in [1.807, 2.05) is 24.9 Å². The molecule has 34 heavy (non-hydrogen) atoms. The molecule has 1 fully saturated rings. The molecule has 5 rings (SSSR count). The molecular formula is C29H34N2O3. The molecular weight excluding hydrogens is 424 g/mol. The Labute approximate surface area is 202 Å². The Morgan fingerprint density at radius 3 is 2.62 bits per heavy atom. The molecule has 0 N–H and O–H groups in total. The van der Waals surface area contributed by atoms with E-state index in [0.29, 0.717) is 17.2 Å². The van der Waals surface area contributed by atoms with E-state index in [1.165, 1.54) is 16.7 Å². The summed E-state index contributed by atoms with van der Waals surface area (Å²) in [4.78, 5) is 17.9. The molecule has 0 radical (unpaired) electrons. The predicted molar refractivity (Wildman–Crippen MR) is 133 cm³/mol. The Hall–Kier alpha value is -3.05. The quantitative estimate of drug-likeness (QED) is 0.493. The van der Waals surface area contributed by atoms with Crippen molar-refractivity contribution < 1.29 is 13.9 Å². The number of furan rings is 1. The molecule has 2 aliphatic rings. The van der Waals surface area contributed by atoms with Gasteiger partial charge in [-0.15, -0.1) is 0 Å². The topological polar surface area (TPSA) is 45.9 Å². The second kappa shape index (κ2) is 10.1. The number of amides is 1. The fourth-order valence-corrected chi connectivity index (χ4v) is 5.52. The van der Waals surface area contributed by atoms with E-state index >= 15 is 0 Å². The lowest BCUT2D eigenvalue weighted by atomic mass is 9.84. The van der Waals surface area contributed by atoms with Crippen LogP contribution in [0, 0.1) is 12.8 Å². The van der Waals surface area contributed by atoms with Gasteiger partial charge in [0.15, 0.2) is 0 Å². The summed E-state index contributed by atoms with van der Waals surface area (Å²) in [5, 5.41) is 0. The molecule has 2 aliphatic heterocycles. The van der Waals surface area contributed by atoms with Gasteiger partial charge in [-0.25, -0.2) is 0 Å². The Bertz CT molecular complexity index is 1120. The van der Waals surface area contributed by atoms with E-state index in [2.05, 4.69) is 47.4 Å². The summed E-state index contributed by atoms with van der Waals surface area (Å²) in [6.07, 6.45) is 5.67. The van der Waals surface area contributed by atoms with Gasteiger partial charge in [-0.2, -0.15) is 0 Å². The van der Waals surface area contributed by atoms with E-state index < -0.39 is 0 Å². The third-order valence-corrected chi connectivity index (χ3v) is 7.53. The lowest BCUT2D eigenvalue weighted by Gasteiger charge is -2.40. The lowest BCUT2D eigenvalue weighted by molar-refractivity contribution is 0.0583. The number of aryl methyl sites for hydroxylation is 1. The minimum Gasteiger partial charge on any atom is -0.493 e. The van der Waals surface area contributed by atoms with Crippen molar-refractivity contribution in [2.24, 2.45) is 5.92 Å². The van der Waals surface area contributed by atoms with Crippen LogP contribution < -0.4 is 4.74 Å². The minimum absolute atomic E-state index is 0.0509. The Balaban J connectivity index is 1.27. The van der Waals surface area contributed by atoms with Crippen molar-refractivity contribution in [1.29, 1.82) is 0 Å². The van der Waals surface area contributed by atoms with Gasteiger partial charge in [0, 0.05) is 26.1 Å². The van der Waals surface area contributed by atoms with Crippen LogP contribution in [0.1, 0.15) is 45.7 Å². The molecule has 0 bridgehead atoms. The molecule has 2 aromatic carbocycles. The van der Waals surface area contributed by atoms with Gasteiger partial charge in [-0.1, -0.05) is 42.5 Å². The first-order valence-corrected chi connectivity index (χ1v) is 12.4. The summed E-state index contributed by atoms with van der Waals surface area (Å²) in [7, 11) is 1.96. The number of nitrogens with zero attached hydrogens (tertiary/aromatic N) is 2. The highest BCUT2D eigenvalue weighted by atomic mass is 16.5. The van der Waals surface area contributed by atoms with Gasteiger partial charge in [0.25, 0.3) is 5.91 Å². The van der Waals surface area contributed by atoms with Crippen LogP contribution in [0.15, 0.2) is 65.3 Å². The molecule has 178 valence electrons. The molecule has 0 spiro atoms. The number of likely N-dealkylation sites (N-methyl/N-ethyl adjacent to an activating group) is 1. The van der Waals surface area contributed by atoms with Gasteiger partial charge in [-0.05, 0) is 74.0 Å². The highest BCUT2D eigenvalue weighted by Crippen LogP contribution is 2.30. The Morgan fingerprint density at radius 1 is 1.09 bits per heavy atom. The number of likely N-dealkylation sites (tertiary alicyclic amines) is 1. The van der Waals surface area contributed by atoms with E-state index in [1.54, 1.807) is 12.3 Å². The highest BCUT2D eigenvalue weighted by Gasteiger charge is 2.32. The summed E-state index contributed by atoms with van der Waals surface area (Å²) in [5.41, 5.74) is 4.65. The fourth-order valence-electron chi connectivity index (χ4n) is 5.52. The molecule has 0 saturated carbocycles. The van der Waals surface area contributed by atoms with Crippen molar-refractivity contribution in [3.8, 4) is 5.75 Å². The van der Waals surface area contributed by atoms with E-state index in [-0.39, 0.29) is 11.9 Å². The third-order valence-electron chi connectivity index (χ3n) is 7.53.